The number of halogens is 2. The van der Waals surface area contributed by atoms with E-state index >= 15 is 0 Å². The topological polar surface area (TPSA) is 34.9 Å². The molecule has 0 atom stereocenters. The highest BCUT2D eigenvalue weighted by Crippen LogP contribution is 2.25. The van der Waals surface area contributed by atoms with Crippen molar-refractivity contribution >= 4 is 29.0 Å². The first-order valence-electron chi connectivity index (χ1n) is 6.00. The van der Waals surface area contributed by atoms with Crippen molar-refractivity contribution < 1.29 is 4.79 Å². The second-order valence-electron chi connectivity index (χ2n) is 4.58. The Bertz CT molecular complexity index is 585. The van der Waals surface area contributed by atoms with Crippen LogP contribution in [0.2, 0.25) is 10.0 Å². The molecule has 0 aliphatic heterocycles. The SMILES string of the molecule is CC(C)n1ccc(CC(=O)c2c(Cl)cccc2Cl)n1. The zero-order valence-electron chi connectivity index (χ0n) is 10.7. The minimum Gasteiger partial charge on any atom is -0.294 e. The van der Waals surface area contributed by atoms with Crippen LogP contribution in [-0.4, -0.2) is 15.6 Å². The fraction of sp³-hybridized carbons (Fsp3) is 0.286. The Morgan fingerprint density at radius 1 is 1.26 bits per heavy atom. The molecule has 1 aromatic heterocycles. The molecule has 0 saturated carbocycles. The molecule has 0 radical (unpaired) electrons. The van der Waals surface area contributed by atoms with E-state index in [4.69, 9.17) is 23.2 Å². The van der Waals surface area contributed by atoms with Gasteiger partial charge >= 0.3 is 0 Å². The number of benzene rings is 1. The van der Waals surface area contributed by atoms with E-state index in [1.165, 1.54) is 0 Å². The number of carbonyl (C=O) groups excluding carboxylic acids is 1. The summed E-state index contributed by atoms with van der Waals surface area (Å²) in [6.07, 6.45) is 2.06. The Hall–Kier alpha value is -1.32. The van der Waals surface area contributed by atoms with Crippen LogP contribution in [0.1, 0.15) is 35.9 Å². The van der Waals surface area contributed by atoms with Crippen LogP contribution < -0.4 is 0 Å². The molecule has 1 heterocycles. The monoisotopic (exact) mass is 296 g/mol. The quantitative estimate of drug-likeness (QED) is 0.793. The van der Waals surface area contributed by atoms with Gasteiger partial charge in [-0.05, 0) is 32.0 Å². The third kappa shape index (κ3) is 3.17. The van der Waals surface area contributed by atoms with Crippen LogP contribution in [0.25, 0.3) is 0 Å². The summed E-state index contributed by atoms with van der Waals surface area (Å²) in [5.74, 6) is -0.121. The first kappa shape index (κ1) is 14.1. The molecule has 0 N–H and O–H groups in total. The number of aromatic nitrogens is 2. The standard InChI is InChI=1S/C14H14Cl2N2O/c1-9(2)18-7-6-10(17-18)8-13(19)14-11(15)4-3-5-12(14)16/h3-7,9H,8H2,1-2H3. The van der Waals surface area contributed by atoms with Crippen LogP contribution in [0.5, 0.6) is 0 Å². The van der Waals surface area contributed by atoms with E-state index in [0.717, 1.165) is 5.69 Å². The average Bonchev–Trinajstić information content (AvgIpc) is 2.77. The molecule has 100 valence electrons. The number of rotatable bonds is 4. The summed E-state index contributed by atoms with van der Waals surface area (Å²) < 4.78 is 1.82. The molecule has 5 heteroatoms. The summed E-state index contributed by atoms with van der Waals surface area (Å²) in [5.41, 5.74) is 1.08. The molecule has 0 unspecified atom stereocenters. The molecule has 0 amide bonds. The molecule has 2 aromatic rings. The third-order valence-electron chi connectivity index (χ3n) is 2.78. The van der Waals surface area contributed by atoms with E-state index in [2.05, 4.69) is 5.10 Å². The molecule has 0 saturated heterocycles. The van der Waals surface area contributed by atoms with Gasteiger partial charge in [-0.1, -0.05) is 29.3 Å². The zero-order valence-corrected chi connectivity index (χ0v) is 12.2. The average molecular weight is 297 g/mol. The molecule has 1 aromatic carbocycles. The highest BCUT2D eigenvalue weighted by atomic mass is 35.5. The van der Waals surface area contributed by atoms with Crippen LogP contribution in [0.15, 0.2) is 30.5 Å². The zero-order chi connectivity index (χ0) is 14.0. The van der Waals surface area contributed by atoms with Gasteiger partial charge in [0.05, 0.1) is 27.7 Å². The molecule has 19 heavy (non-hydrogen) atoms. The Kier molecular flexibility index (Phi) is 4.27. The number of ketones is 1. The Labute approximate surface area is 122 Å². The van der Waals surface area contributed by atoms with Crippen LogP contribution in [0.4, 0.5) is 0 Å². The van der Waals surface area contributed by atoms with Gasteiger partial charge in [-0.2, -0.15) is 5.10 Å². The van der Waals surface area contributed by atoms with Gasteiger partial charge in [-0.3, -0.25) is 9.48 Å². The lowest BCUT2D eigenvalue weighted by Crippen LogP contribution is -2.07. The van der Waals surface area contributed by atoms with Crippen molar-refractivity contribution in [1.29, 1.82) is 0 Å². The molecule has 0 aliphatic rings. The van der Waals surface area contributed by atoms with Crippen LogP contribution in [0, 0.1) is 0 Å². The first-order valence-corrected chi connectivity index (χ1v) is 6.76. The predicted molar refractivity (Wildman–Crippen MR) is 77.1 cm³/mol. The maximum absolute atomic E-state index is 12.2. The molecular weight excluding hydrogens is 283 g/mol. The molecule has 0 spiro atoms. The van der Waals surface area contributed by atoms with E-state index in [9.17, 15) is 4.79 Å². The first-order chi connectivity index (χ1) is 8.99. The highest BCUT2D eigenvalue weighted by Gasteiger charge is 2.16. The minimum absolute atomic E-state index is 0.121. The van der Waals surface area contributed by atoms with Gasteiger partial charge in [0.1, 0.15) is 0 Å². The maximum Gasteiger partial charge on any atom is 0.171 e. The number of hydrogen-bond donors (Lipinski definition) is 0. The lowest BCUT2D eigenvalue weighted by Gasteiger charge is -2.05. The largest absolute Gasteiger partial charge is 0.294 e. The summed E-state index contributed by atoms with van der Waals surface area (Å²) in [4.78, 5) is 12.2. The van der Waals surface area contributed by atoms with Crippen molar-refractivity contribution in [3.63, 3.8) is 0 Å². The molecule has 0 fully saturated rings. The molecule has 0 bridgehead atoms. The highest BCUT2D eigenvalue weighted by molar-refractivity contribution is 6.39. The lowest BCUT2D eigenvalue weighted by atomic mass is 10.1. The van der Waals surface area contributed by atoms with E-state index in [0.29, 0.717) is 15.6 Å². The van der Waals surface area contributed by atoms with Crippen molar-refractivity contribution in [2.45, 2.75) is 26.3 Å². The van der Waals surface area contributed by atoms with Crippen molar-refractivity contribution in [2.75, 3.05) is 0 Å². The summed E-state index contributed by atoms with van der Waals surface area (Å²) in [6, 6.07) is 7.14. The van der Waals surface area contributed by atoms with Crippen molar-refractivity contribution in [2.24, 2.45) is 0 Å². The fourth-order valence-electron chi connectivity index (χ4n) is 1.78. The predicted octanol–water partition coefficient (Wildman–Crippen LogP) is 4.20. The lowest BCUT2D eigenvalue weighted by molar-refractivity contribution is 0.0992. The summed E-state index contributed by atoms with van der Waals surface area (Å²) in [6.45, 7) is 4.06. The molecule has 3 nitrogen and oxygen atoms in total. The molecular formula is C14H14Cl2N2O. The smallest absolute Gasteiger partial charge is 0.171 e. The third-order valence-corrected chi connectivity index (χ3v) is 3.41. The fourth-order valence-corrected chi connectivity index (χ4v) is 2.38. The van der Waals surface area contributed by atoms with Crippen molar-refractivity contribution in [1.82, 2.24) is 9.78 Å². The second kappa shape index (κ2) is 5.76. The van der Waals surface area contributed by atoms with Gasteiger partial charge in [-0.15, -0.1) is 0 Å². The second-order valence-corrected chi connectivity index (χ2v) is 5.39. The molecule has 2 rings (SSSR count). The van der Waals surface area contributed by atoms with Gasteiger partial charge < -0.3 is 0 Å². The Balaban J connectivity index is 2.21. The Morgan fingerprint density at radius 3 is 2.42 bits per heavy atom. The van der Waals surface area contributed by atoms with Gasteiger partial charge in [-0.25, -0.2) is 0 Å². The number of carbonyl (C=O) groups is 1. The van der Waals surface area contributed by atoms with Gasteiger partial charge in [0.2, 0.25) is 0 Å². The van der Waals surface area contributed by atoms with Crippen LogP contribution in [0.3, 0.4) is 0 Å². The van der Waals surface area contributed by atoms with Crippen molar-refractivity contribution in [3.05, 3.63) is 51.8 Å². The Morgan fingerprint density at radius 2 is 1.89 bits per heavy atom. The van der Waals surface area contributed by atoms with Gasteiger partial charge in [0, 0.05) is 12.2 Å². The maximum atomic E-state index is 12.2. The van der Waals surface area contributed by atoms with E-state index in [1.807, 2.05) is 30.8 Å². The van der Waals surface area contributed by atoms with Crippen molar-refractivity contribution in [3.8, 4) is 0 Å². The summed E-state index contributed by atoms with van der Waals surface area (Å²) in [7, 11) is 0. The van der Waals surface area contributed by atoms with Gasteiger partial charge in [0.25, 0.3) is 0 Å². The summed E-state index contributed by atoms with van der Waals surface area (Å²) in [5, 5.41) is 5.10. The van der Waals surface area contributed by atoms with Crippen LogP contribution >= 0.6 is 23.2 Å². The van der Waals surface area contributed by atoms with E-state index in [1.54, 1.807) is 18.2 Å². The number of hydrogen-bond acceptors (Lipinski definition) is 2. The molecule has 0 aliphatic carbocycles. The van der Waals surface area contributed by atoms with Crippen LogP contribution in [-0.2, 0) is 6.42 Å². The van der Waals surface area contributed by atoms with E-state index < -0.39 is 0 Å². The van der Waals surface area contributed by atoms with Gasteiger partial charge in [0.15, 0.2) is 5.78 Å². The number of nitrogens with zero attached hydrogens (tertiary/aromatic N) is 2. The minimum atomic E-state index is -0.121. The summed E-state index contributed by atoms with van der Waals surface area (Å²) >= 11 is 12.0. The number of Topliss-reactive ketones (excluding diaryl/α,β-unsaturated/α-hetero) is 1. The van der Waals surface area contributed by atoms with E-state index in [-0.39, 0.29) is 18.2 Å². The normalized spacial score (nSPS) is 11.0.